The van der Waals surface area contributed by atoms with Crippen LogP contribution in [0.5, 0.6) is 0 Å². The van der Waals surface area contributed by atoms with E-state index in [1.54, 1.807) is 7.05 Å². The van der Waals surface area contributed by atoms with Crippen LogP contribution in [0.3, 0.4) is 0 Å². The van der Waals surface area contributed by atoms with E-state index in [2.05, 4.69) is 36.6 Å². The SMILES string of the molecule is CNC(=S)N/N=C1\C[C@H](C)CC[C@H]1C(C)C. The minimum absolute atomic E-state index is 0.591. The summed E-state index contributed by atoms with van der Waals surface area (Å²) in [5.74, 6) is 2.03. The van der Waals surface area contributed by atoms with Crippen molar-refractivity contribution in [3.8, 4) is 0 Å². The predicted octanol–water partition coefficient (Wildman–Crippen LogP) is 2.53. The minimum atomic E-state index is 0.591. The van der Waals surface area contributed by atoms with Gasteiger partial charge in [0.1, 0.15) is 0 Å². The molecule has 0 aliphatic heterocycles. The number of nitrogens with zero attached hydrogens (tertiary/aromatic N) is 1. The van der Waals surface area contributed by atoms with E-state index in [1.807, 2.05) is 0 Å². The van der Waals surface area contributed by atoms with Crippen LogP contribution >= 0.6 is 12.2 Å². The Morgan fingerprint density at radius 1 is 1.44 bits per heavy atom. The quantitative estimate of drug-likeness (QED) is 0.576. The standard InChI is InChI=1S/C12H23N3S/c1-8(2)10-6-5-9(3)7-11(10)14-15-12(16)13-4/h8-10H,5-7H2,1-4H3,(H2,13,15,16)/b14-11+/t9-,10+/m1/s1. The molecule has 0 spiro atoms. The molecular formula is C12H23N3S. The highest BCUT2D eigenvalue weighted by atomic mass is 32.1. The van der Waals surface area contributed by atoms with Crippen LogP contribution in [0.25, 0.3) is 0 Å². The third-order valence-corrected chi connectivity index (χ3v) is 3.58. The molecule has 1 saturated carbocycles. The Labute approximate surface area is 104 Å². The molecule has 2 N–H and O–H groups in total. The van der Waals surface area contributed by atoms with Crippen molar-refractivity contribution in [2.75, 3.05) is 7.05 Å². The largest absolute Gasteiger partial charge is 0.364 e. The first-order valence-corrected chi connectivity index (χ1v) is 6.49. The summed E-state index contributed by atoms with van der Waals surface area (Å²) in [5.41, 5.74) is 4.20. The Morgan fingerprint density at radius 3 is 2.69 bits per heavy atom. The molecule has 0 radical (unpaired) electrons. The molecule has 0 amide bonds. The van der Waals surface area contributed by atoms with Crippen molar-refractivity contribution in [3.05, 3.63) is 0 Å². The lowest BCUT2D eigenvalue weighted by atomic mass is 9.76. The lowest BCUT2D eigenvalue weighted by Gasteiger charge is -2.30. The maximum atomic E-state index is 5.03. The molecule has 4 heteroatoms. The number of hydrazone groups is 1. The van der Waals surface area contributed by atoms with Gasteiger partial charge in [-0.2, -0.15) is 5.10 Å². The topological polar surface area (TPSA) is 36.4 Å². The normalized spacial score (nSPS) is 28.2. The van der Waals surface area contributed by atoms with Crippen LogP contribution in [-0.2, 0) is 0 Å². The molecular weight excluding hydrogens is 218 g/mol. The van der Waals surface area contributed by atoms with Gasteiger partial charge in [-0.25, -0.2) is 0 Å². The lowest BCUT2D eigenvalue weighted by molar-refractivity contribution is 0.363. The van der Waals surface area contributed by atoms with Crippen LogP contribution in [0, 0.1) is 17.8 Å². The van der Waals surface area contributed by atoms with Crippen molar-refractivity contribution in [2.24, 2.45) is 22.9 Å². The summed E-state index contributed by atoms with van der Waals surface area (Å²) < 4.78 is 0. The zero-order valence-corrected chi connectivity index (χ0v) is 11.5. The van der Waals surface area contributed by atoms with Crippen LogP contribution < -0.4 is 10.7 Å². The third-order valence-electron chi connectivity index (χ3n) is 3.29. The van der Waals surface area contributed by atoms with Crippen molar-refractivity contribution < 1.29 is 0 Å². The summed E-state index contributed by atoms with van der Waals surface area (Å²) >= 11 is 5.03. The Hall–Kier alpha value is -0.640. The summed E-state index contributed by atoms with van der Waals surface area (Å²) in [5, 5.41) is 7.93. The molecule has 92 valence electrons. The molecule has 16 heavy (non-hydrogen) atoms. The molecule has 1 aliphatic rings. The summed E-state index contributed by atoms with van der Waals surface area (Å²) in [6, 6.07) is 0. The van der Waals surface area contributed by atoms with Gasteiger partial charge in [-0.3, -0.25) is 5.43 Å². The van der Waals surface area contributed by atoms with Gasteiger partial charge in [-0.05, 0) is 43.3 Å². The molecule has 0 heterocycles. The molecule has 1 fully saturated rings. The molecule has 3 nitrogen and oxygen atoms in total. The fourth-order valence-corrected chi connectivity index (χ4v) is 2.31. The highest BCUT2D eigenvalue weighted by molar-refractivity contribution is 7.80. The molecule has 0 unspecified atom stereocenters. The van der Waals surface area contributed by atoms with E-state index < -0.39 is 0 Å². The Balaban J connectivity index is 2.67. The monoisotopic (exact) mass is 241 g/mol. The fraction of sp³-hybridized carbons (Fsp3) is 0.833. The lowest BCUT2D eigenvalue weighted by Crippen LogP contribution is -2.33. The van der Waals surface area contributed by atoms with Gasteiger partial charge in [-0.15, -0.1) is 0 Å². The molecule has 0 aromatic carbocycles. The van der Waals surface area contributed by atoms with Gasteiger partial charge in [0.15, 0.2) is 5.11 Å². The van der Waals surface area contributed by atoms with Crippen LogP contribution in [0.15, 0.2) is 5.10 Å². The number of hydrogen-bond donors (Lipinski definition) is 2. The van der Waals surface area contributed by atoms with Crippen LogP contribution in [0.2, 0.25) is 0 Å². The van der Waals surface area contributed by atoms with Crippen LogP contribution in [0.4, 0.5) is 0 Å². The Morgan fingerprint density at radius 2 is 2.12 bits per heavy atom. The highest BCUT2D eigenvalue weighted by Gasteiger charge is 2.26. The first-order valence-electron chi connectivity index (χ1n) is 6.08. The zero-order valence-electron chi connectivity index (χ0n) is 10.7. The van der Waals surface area contributed by atoms with E-state index in [0.717, 1.165) is 12.3 Å². The molecule has 2 atom stereocenters. The van der Waals surface area contributed by atoms with E-state index in [0.29, 0.717) is 16.9 Å². The van der Waals surface area contributed by atoms with E-state index in [-0.39, 0.29) is 0 Å². The van der Waals surface area contributed by atoms with E-state index >= 15 is 0 Å². The number of nitrogens with one attached hydrogen (secondary N) is 2. The van der Waals surface area contributed by atoms with E-state index in [4.69, 9.17) is 12.2 Å². The molecule has 1 aliphatic carbocycles. The van der Waals surface area contributed by atoms with Gasteiger partial charge in [-0.1, -0.05) is 20.8 Å². The summed E-state index contributed by atoms with van der Waals surface area (Å²) in [6.07, 6.45) is 3.67. The first kappa shape index (κ1) is 13.4. The smallest absolute Gasteiger partial charge is 0.186 e. The van der Waals surface area contributed by atoms with Crippen molar-refractivity contribution in [2.45, 2.75) is 40.0 Å². The summed E-state index contributed by atoms with van der Waals surface area (Å²) in [6.45, 7) is 6.83. The minimum Gasteiger partial charge on any atom is -0.364 e. The average molecular weight is 241 g/mol. The van der Waals surface area contributed by atoms with Gasteiger partial charge in [0.25, 0.3) is 0 Å². The van der Waals surface area contributed by atoms with Crippen molar-refractivity contribution in [3.63, 3.8) is 0 Å². The summed E-state index contributed by atoms with van der Waals surface area (Å²) in [7, 11) is 1.80. The zero-order chi connectivity index (χ0) is 12.1. The molecule has 0 saturated heterocycles. The molecule has 1 rings (SSSR count). The van der Waals surface area contributed by atoms with E-state index in [1.165, 1.54) is 18.6 Å². The van der Waals surface area contributed by atoms with Gasteiger partial charge < -0.3 is 5.32 Å². The van der Waals surface area contributed by atoms with Crippen molar-refractivity contribution >= 4 is 23.0 Å². The first-order chi connectivity index (χ1) is 7.54. The van der Waals surface area contributed by atoms with Gasteiger partial charge >= 0.3 is 0 Å². The second-order valence-electron chi connectivity index (χ2n) is 5.03. The maximum Gasteiger partial charge on any atom is 0.186 e. The second-order valence-corrected chi connectivity index (χ2v) is 5.44. The van der Waals surface area contributed by atoms with Gasteiger partial charge in [0.05, 0.1) is 0 Å². The van der Waals surface area contributed by atoms with Crippen LogP contribution in [-0.4, -0.2) is 17.9 Å². The fourth-order valence-electron chi connectivity index (χ4n) is 2.27. The third kappa shape index (κ3) is 3.74. The van der Waals surface area contributed by atoms with Crippen LogP contribution in [0.1, 0.15) is 40.0 Å². The Kier molecular flexibility index (Phi) is 5.19. The van der Waals surface area contributed by atoms with Crippen molar-refractivity contribution in [1.82, 2.24) is 10.7 Å². The average Bonchev–Trinajstić information content (AvgIpc) is 2.25. The second kappa shape index (κ2) is 6.18. The summed E-state index contributed by atoms with van der Waals surface area (Å²) in [4.78, 5) is 0. The number of thiocarbonyl (C=S) groups is 1. The molecule has 0 aromatic rings. The molecule has 0 aromatic heterocycles. The van der Waals surface area contributed by atoms with Gasteiger partial charge in [0.2, 0.25) is 0 Å². The van der Waals surface area contributed by atoms with E-state index in [9.17, 15) is 0 Å². The van der Waals surface area contributed by atoms with Crippen molar-refractivity contribution in [1.29, 1.82) is 0 Å². The predicted molar refractivity (Wildman–Crippen MR) is 73.6 cm³/mol. The highest BCUT2D eigenvalue weighted by Crippen LogP contribution is 2.31. The maximum absolute atomic E-state index is 5.03. The number of rotatable bonds is 2. The Bertz CT molecular complexity index is 273. The number of hydrogen-bond acceptors (Lipinski definition) is 2. The molecule has 0 bridgehead atoms. The van der Waals surface area contributed by atoms with Gasteiger partial charge in [0, 0.05) is 18.7 Å².